The van der Waals surface area contributed by atoms with Crippen LogP contribution in [0.25, 0.3) is 0 Å². The normalized spacial score (nSPS) is 30.5. The minimum absolute atomic E-state index is 0.163. The molecule has 3 aliphatic rings. The van der Waals surface area contributed by atoms with Gasteiger partial charge in [-0.25, -0.2) is 4.79 Å². The van der Waals surface area contributed by atoms with Gasteiger partial charge in [-0.05, 0) is 5.56 Å². The number of carbonyl (C=O) groups is 4. The largest absolute Gasteiger partial charge is 0.469 e. The first-order valence-corrected chi connectivity index (χ1v) is 12.8. The monoisotopic (exact) mass is 524 g/mol. The molecule has 0 saturated carbocycles. The van der Waals surface area contributed by atoms with Crippen molar-refractivity contribution in [1.29, 1.82) is 0 Å². The molecule has 0 aliphatic carbocycles. The second-order valence-corrected chi connectivity index (χ2v) is 11.0. The number of hydrogen-bond acceptors (Lipinski definition) is 11. The maximum atomic E-state index is 14.3. The number of carbonyl (C=O) groups excluding carboxylic acids is 4. The van der Waals surface area contributed by atoms with Gasteiger partial charge in [-0.3, -0.25) is 24.2 Å². The Morgan fingerprint density at radius 1 is 1.12 bits per heavy atom. The van der Waals surface area contributed by atoms with Crippen molar-refractivity contribution in [3.05, 3.63) is 35.9 Å². The Balaban J connectivity index is 1.93. The molecule has 1 aromatic carbocycles. The fraction of sp³-hybridized carbons (Fsp3) is 0.500. The Kier molecular flexibility index (Phi) is 6.96. The molecule has 3 fully saturated rings. The molecule has 0 N–H and O–H groups in total. The molecule has 1 spiro atoms. The summed E-state index contributed by atoms with van der Waals surface area (Å²) in [5, 5.41) is 0. The molecule has 34 heavy (non-hydrogen) atoms. The van der Waals surface area contributed by atoms with E-state index in [4.69, 9.17) is 26.4 Å². The minimum atomic E-state index is -1.81. The van der Waals surface area contributed by atoms with E-state index in [2.05, 4.69) is 0 Å². The number of esters is 3. The van der Waals surface area contributed by atoms with Crippen molar-refractivity contribution in [1.82, 2.24) is 9.80 Å². The third kappa shape index (κ3) is 3.45. The van der Waals surface area contributed by atoms with Crippen molar-refractivity contribution >= 4 is 63.9 Å². The van der Waals surface area contributed by atoms with Crippen molar-refractivity contribution in [2.45, 2.75) is 29.3 Å². The average Bonchev–Trinajstić information content (AvgIpc) is 3.48. The first kappa shape index (κ1) is 25.0. The van der Waals surface area contributed by atoms with E-state index in [-0.39, 0.29) is 10.9 Å². The number of rotatable bonds is 6. The minimum Gasteiger partial charge on any atom is -0.469 e. The lowest BCUT2D eigenvalue weighted by atomic mass is 9.74. The van der Waals surface area contributed by atoms with Crippen LogP contribution in [0.2, 0.25) is 0 Å². The Hall–Kier alpha value is -2.15. The number of nitrogens with zero attached hydrogens (tertiary/aromatic N) is 2. The van der Waals surface area contributed by atoms with Crippen LogP contribution in [0.3, 0.4) is 0 Å². The predicted octanol–water partition coefficient (Wildman–Crippen LogP) is 1.44. The van der Waals surface area contributed by atoms with Gasteiger partial charge in [0.15, 0.2) is 5.54 Å². The summed E-state index contributed by atoms with van der Waals surface area (Å²) in [5.41, 5.74) is -0.977. The van der Waals surface area contributed by atoms with Crippen LogP contribution in [-0.2, 0) is 39.9 Å². The van der Waals surface area contributed by atoms with Gasteiger partial charge in [0.05, 0.1) is 40.2 Å². The van der Waals surface area contributed by atoms with Crippen LogP contribution in [-0.4, -0.2) is 87.2 Å². The van der Waals surface area contributed by atoms with Gasteiger partial charge in [-0.1, -0.05) is 54.3 Å². The zero-order chi connectivity index (χ0) is 24.7. The molecule has 0 aromatic heterocycles. The van der Waals surface area contributed by atoms with E-state index in [1.807, 2.05) is 30.3 Å². The zero-order valence-corrected chi connectivity index (χ0v) is 21.3. The molecule has 0 radical (unpaired) electrons. The third-order valence-electron chi connectivity index (χ3n) is 6.67. The highest BCUT2D eigenvalue weighted by Crippen LogP contribution is 2.63. The maximum absolute atomic E-state index is 14.3. The number of hydrogen-bond donors (Lipinski definition) is 0. The van der Waals surface area contributed by atoms with E-state index in [1.165, 1.54) is 38.0 Å². The second-order valence-electron chi connectivity index (χ2n) is 8.12. The second kappa shape index (κ2) is 9.48. The van der Waals surface area contributed by atoms with Gasteiger partial charge in [0.1, 0.15) is 9.07 Å². The van der Waals surface area contributed by atoms with E-state index >= 15 is 0 Å². The summed E-state index contributed by atoms with van der Waals surface area (Å²) in [6.45, 7) is 0.163. The highest BCUT2D eigenvalue weighted by molar-refractivity contribution is 8.25. The van der Waals surface area contributed by atoms with Crippen molar-refractivity contribution in [3.8, 4) is 0 Å². The molecule has 4 unspecified atom stereocenters. The van der Waals surface area contributed by atoms with Crippen LogP contribution < -0.4 is 0 Å². The number of methoxy groups -OCH3 is 3. The van der Waals surface area contributed by atoms with E-state index < -0.39 is 52.5 Å². The summed E-state index contributed by atoms with van der Waals surface area (Å²) in [6, 6.07) is 8.73. The summed E-state index contributed by atoms with van der Waals surface area (Å²) < 4.78 is 13.7. The molecule has 4 rings (SSSR count). The van der Waals surface area contributed by atoms with Crippen molar-refractivity contribution in [3.63, 3.8) is 0 Å². The predicted molar refractivity (Wildman–Crippen MR) is 130 cm³/mol. The lowest BCUT2D eigenvalue weighted by molar-refractivity contribution is -0.164. The molecule has 4 atom stereocenters. The Morgan fingerprint density at radius 2 is 1.82 bits per heavy atom. The van der Waals surface area contributed by atoms with Crippen LogP contribution in [0.4, 0.5) is 0 Å². The number of benzene rings is 1. The van der Waals surface area contributed by atoms with E-state index in [0.29, 0.717) is 11.6 Å². The number of thioether (sulfide) groups is 2. The van der Waals surface area contributed by atoms with Gasteiger partial charge in [0.2, 0.25) is 5.91 Å². The topological polar surface area (TPSA) is 102 Å². The lowest BCUT2D eigenvalue weighted by Crippen LogP contribution is -2.67. The number of thiocarbonyl (C=S) groups is 1. The Bertz CT molecular complexity index is 1040. The zero-order valence-electron chi connectivity index (χ0n) is 18.8. The Labute approximate surface area is 210 Å². The molecule has 3 aliphatic heterocycles. The summed E-state index contributed by atoms with van der Waals surface area (Å²) in [6.07, 6.45) is -0.471. The van der Waals surface area contributed by atoms with Crippen LogP contribution >= 0.6 is 35.7 Å². The van der Waals surface area contributed by atoms with Gasteiger partial charge in [-0.15, -0.1) is 11.8 Å². The summed E-state index contributed by atoms with van der Waals surface area (Å²) in [4.78, 5) is 57.0. The number of ether oxygens (including phenoxy) is 3. The fourth-order valence-electron chi connectivity index (χ4n) is 5.22. The smallest absolute Gasteiger partial charge is 0.329 e. The van der Waals surface area contributed by atoms with Gasteiger partial charge in [-0.2, -0.15) is 0 Å². The first-order valence-electron chi connectivity index (χ1n) is 10.4. The van der Waals surface area contributed by atoms with E-state index in [1.54, 1.807) is 4.90 Å². The molecule has 3 saturated heterocycles. The summed E-state index contributed by atoms with van der Waals surface area (Å²) >= 11 is 8.10. The molecule has 182 valence electrons. The van der Waals surface area contributed by atoms with E-state index in [0.717, 1.165) is 17.3 Å². The average molecular weight is 525 g/mol. The van der Waals surface area contributed by atoms with Crippen LogP contribution in [0.5, 0.6) is 0 Å². The molecule has 12 heteroatoms. The molecule has 1 aromatic rings. The molecule has 9 nitrogen and oxygen atoms in total. The summed E-state index contributed by atoms with van der Waals surface area (Å²) in [5.74, 6) is -2.90. The highest BCUT2D eigenvalue weighted by atomic mass is 32.2. The molecular formula is C22H24N2O7S3. The Morgan fingerprint density at radius 3 is 2.44 bits per heavy atom. The highest BCUT2D eigenvalue weighted by Gasteiger charge is 2.82. The molecule has 1 amide bonds. The number of fused-ring (bicyclic) bond motifs is 1. The van der Waals surface area contributed by atoms with Crippen molar-refractivity contribution in [2.75, 3.05) is 33.0 Å². The summed E-state index contributed by atoms with van der Waals surface area (Å²) in [7, 11) is 3.65. The van der Waals surface area contributed by atoms with Gasteiger partial charge in [0, 0.05) is 17.7 Å². The molecular weight excluding hydrogens is 500 g/mol. The lowest BCUT2D eigenvalue weighted by Gasteiger charge is -2.42. The SMILES string of the molecule is COC(=O)CC1(C(=O)OC)N2CSCC2C(C(=O)OC)C12SC(=S)N(Cc1ccccc1)C2=O. The van der Waals surface area contributed by atoms with Crippen LogP contribution in [0.1, 0.15) is 12.0 Å². The fourth-order valence-corrected chi connectivity index (χ4v) is 8.64. The number of amides is 1. The van der Waals surface area contributed by atoms with Gasteiger partial charge in [0.25, 0.3) is 0 Å². The van der Waals surface area contributed by atoms with Gasteiger partial charge >= 0.3 is 17.9 Å². The first-order chi connectivity index (χ1) is 16.3. The maximum Gasteiger partial charge on any atom is 0.329 e. The van der Waals surface area contributed by atoms with Crippen molar-refractivity contribution < 1.29 is 33.4 Å². The molecule has 3 heterocycles. The standard InChI is InChI=1S/C22H24N2O7S3/c1-29-15(25)9-21(19(28)31-3)22(16(17(26)30-2)14-11-33-12-24(14)21)18(27)23(20(32)34-22)10-13-7-5-4-6-8-13/h4-8,14,16H,9-12H2,1-3H3. The quantitative estimate of drug-likeness (QED) is 0.307. The molecule has 0 bridgehead atoms. The van der Waals surface area contributed by atoms with Gasteiger partial charge < -0.3 is 14.2 Å². The van der Waals surface area contributed by atoms with Crippen LogP contribution in [0.15, 0.2) is 30.3 Å². The third-order valence-corrected chi connectivity index (χ3v) is 9.66. The van der Waals surface area contributed by atoms with E-state index in [9.17, 15) is 19.2 Å². The van der Waals surface area contributed by atoms with Crippen molar-refractivity contribution in [2.24, 2.45) is 5.92 Å². The van der Waals surface area contributed by atoms with Crippen LogP contribution in [0, 0.1) is 5.92 Å².